The number of benzene rings is 2. The van der Waals surface area contributed by atoms with Crippen LogP contribution in [0.25, 0.3) is 11.3 Å². The van der Waals surface area contributed by atoms with Crippen LogP contribution in [0.15, 0.2) is 47.0 Å². The number of halogens is 1. The molecule has 0 spiro atoms. The molecule has 0 saturated heterocycles. The summed E-state index contributed by atoms with van der Waals surface area (Å²) in [5.74, 6) is -0.227. The van der Waals surface area contributed by atoms with Crippen LogP contribution in [0.1, 0.15) is 63.1 Å². The maximum Gasteiger partial charge on any atom is 0.262 e. The van der Waals surface area contributed by atoms with Gasteiger partial charge in [-0.25, -0.2) is 0 Å². The van der Waals surface area contributed by atoms with Gasteiger partial charge >= 0.3 is 0 Å². The minimum Gasteiger partial charge on any atom is -0.356 e. The van der Waals surface area contributed by atoms with Crippen molar-refractivity contribution < 1.29 is 18.9 Å². The molecule has 0 N–H and O–H groups in total. The molecule has 3 amide bonds. The van der Waals surface area contributed by atoms with Crippen molar-refractivity contribution in [3.05, 3.63) is 75.4 Å². The third kappa shape index (κ3) is 3.53. The summed E-state index contributed by atoms with van der Waals surface area (Å²) in [6, 6.07) is 12.1. The van der Waals surface area contributed by atoms with Crippen molar-refractivity contribution in [2.45, 2.75) is 39.3 Å². The summed E-state index contributed by atoms with van der Waals surface area (Å²) in [4.78, 5) is 41.7. The summed E-state index contributed by atoms with van der Waals surface area (Å²) in [6.07, 6.45) is 0.600. The van der Waals surface area contributed by atoms with Crippen molar-refractivity contribution in [3.8, 4) is 11.3 Å². The second-order valence-electron chi connectivity index (χ2n) is 9.30. The van der Waals surface area contributed by atoms with Crippen molar-refractivity contribution in [2.75, 3.05) is 6.54 Å². The first-order valence-electron chi connectivity index (χ1n) is 10.7. The lowest BCUT2D eigenvalue weighted by atomic mass is 9.99. The van der Waals surface area contributed by atoms with Gasteiger partial charge in [0, 0.05) is 33.8 Å². The third-order valence-corrected chi connectivity index (χ3v) is 6.29. The number of fused-ring (bicyclic) bond motifs is 2. The Labute approximate surface area is 195 Å². The molecule has 1 aromatic heterocycles. The maximum absolute atomic E-state index is 13.2. The molecule has 2 aliphatic rings. The highest BCUT2D eigenvalue weighted by molar-refractivity contribution is 6.30. The predicted octanol–water partition coefficient (Wildman–Crippen LogP) is 4.59. The molecule has 0 bridgehead atoms. The van der Waals surface area contributed by atoms with E-state index in [1.54, 1.807) is 29.2 Å². The number of hydrogen-bond donors (Lipinski definition) is 0. The topological polar surface area (TPSA) is 83.7 Å². The standard InChI is InChI=1S/C25H22ClN3O4/c1-25(2,3)29-23(31)17-9-6-15(12-19(17)24(29)32)22(30)28-11-10-18-20(13-28)27-33-21(18)14-4-7-16(26)8-5-14/h4-9,12H,10-11,13H2,1-3H3. The zero-order chi connectivity index (χ0) is 23.5. The van der Waals surface area contributed by atoms with E-state index < -0.39 is 5.54 Å². The molecule has 0 radical (unpaired) electrons. The number of rotatable bonds is 2. The van der Waals surface area contributed by atoms with E-state index in [9.17, 15) is 14.4 Å². The number of aromatic nitrogens is 1. The van der Waals surface area contributed by atoms with Crippen LogP contribution in [0, 0.1) is 0 Å². The Morgan fingerprint density at radius 2 is 1.73 bits per heavy atom. The minimum absolute atomic E-state index is 0.214. The van der Waals surface area contributed by atoms with E-state index in [4.69, 9.17) is 16.1 Å². The molecule has 3 heterocycles. The first kappa shape index (κ1) is 21.4. The molecule has 0 aliphatic carbocycles. The molecule has 5 rings (SSSR count). The van der Waals surface area contributed by atoms with E-state index in [0.29, 0.717) is 47.1 Å². The lowest BCUT2D eigenvalue weighted by molar-refractivity contribution is 0.0507. The van der Waals surface area contributed by atoms with Gasteiger partial charge in [-0.15, -0.1) is 0 Å². The van der Waals surface area contributed by atoms with Gasteiger partial charge in [0.25, 0.3) is 17.7 Å². The number of amides is 3. The van der Waals surface area contributed by atoms with Crippen molar-refractivity contribution in [2.24, 2.45) is 0 Å². The van der Waals surface area contributed by atoms with E-state index in [1.165, 1.54) is 11.0 Å². The highest BCUT2D eigenvalue weighted by Gasteiger charge is 2.42. The molecule has 168 valence electrons. The Balaban J connectivity index is 1.39. The Morgan fingerprint density at radius 1 is 1.03 bits per heavy atom. The SMILES string of the molecule is CC(C)(C)N1C(=O)c2ccc(C(=O)N3CCc4c(noc4-c4ccc(Cl)cc4)C3)cc2C1=O. The first-order chi connectivity index (χ1) is 15.6. The molecule has 8 heteroatoms. The number of imide groups is 1. The number of carbonyl (C=O) groups excluding carboxylic acids is 3. The Kier molecular flexibility index (Phi) is 4.90. The fourth-order valence-electron chi connectivity index (χ4n) is 4.40. The summed E-state index contributed by atoms with van der Waals surface area (Å²) in [6.45, 7) is 6.22. The average molecular weight is 464 g/mol. The second-order valence-corrected chi connectivity index (χ2v) is 9.73. The number of carbonyl (C=O) groups is 3. The first-order valence-corrected chi connectivity index (χ1v) is 11.1. The lowest BCUT2D eigenvalue weighted by Crippen LogP contribution is -2.45. The normalized spacial score (nSPS) is 15.6. The second kappa shape index (κ2) is 7.56. The summed E-state index contributed by atoms with van der Waals surface area (Å²) in [7, 11) is 0. The van der Waals surface area contributed by atoms with Crippen LogP contribution in [0.4, 0.5) is 0 Å². The van der Waals surface area contributed by atoms with E-state index >= 15 is 0 Å². The molecular formula is C25H22ClN3O4. The van der Waals surface area contributed by atoms with Crippen LogP contribution in [0.5, 0.6) is 0 Å². The minimum atomic E-state index is -0.643. The van der Waals surface area contributed by atoms with Crippen molar-refractivity contribution >= 4 is 29.3 Å². The smallest absolute Gasteiger partial charge is 0.262 e. The Bertz CT molecular complexity index is 1300. The fourth-order valence-corrected chi connectivity index (χ4v) is 4.52. The monoisotopic (exact) mass is 463 g/mol. The average Bonchev–Trinajstić information content (AvgIpc) is 3.31. The summed E-state index contributed by atoms with van der Waals surface area (Å²) in [5.41, 5.74) is 2.91. The van der Waals surface area contributed by atoms with Crippen LogP contribution in [-0.4, -0.2) is 44.8 Å². The largest absolute Gasteiger partial charge is 0.356 e. The van der Waals surface area contributed by atoms with Crippen molar-refractivity contribution in [1.82, 2.24) is 15.0 Å². The molecule has 2 aliphatic heterocycles. The zero-order valence-corrected chi connectivity index (χ0v) is 19.3. The molecule has 0 saturated carbocycles. The van der Waals surface area contributed by atoms with E-state index in [0.717, 1.165) is 11.1 Å². The number of nitrogens with zero attached hydrogens (tertiary/aromatic N) is 3. The Hall–Kier alpha value is -3.45. The summed E-state index contributed by atoms with van der Waals surface area (Å²) in [5, 5.41) is 4.83. The maximum atomic E-state index is 13.2. The predicted molar refractivity (Wildman–Crippen MR) is 122 cm³/mol. The van der Waals surface area contributed by atoms with Gasteiger partial charge in [-0.05, 0) is 69.7 Å². The van der Waals surface area contributed by atoms with Crippen LogP contribution < -0.4 is 0 Å². The van der Waals surface area contributed by atoms with Gasteiger partial charge in [0.15, 0.2) is 5.76 Å². The lowest BCUT2D eigenvalue weighted by Gasteiger charge is -2.29. The summed E-state index contributed by atoms with van der Waals surface area (Å²) >= 11 is 5.98. The van der Waals surface area contributed by atoms with E-state index in [2.05, 4.69) is 5.16 Å². The molecule has 0 fully saturated rings. The highest BCUT2D eigenvalue weighted by Crippen LogP contribution is 2.33. The van der Waals surface area contributed by atoms with Crippen molar-refractivity contribution in [3.63, 3.8) is 0 Å². The van der Waals surface area contributed by atoms with Gasteiger partial charge in [0.05, 0.1) is 17.7 Å². The van der Waals surface area contributed by atoms with Gasteiger partial charge in [-0.2, -0.15) is 0 Å². The molecule has 7 nitrogen and oxygen atoms in total. The fraction of sp³-hybridized carbons (Fsp3) is 0.280. The number of hydrogen-bond acceptors (Lipinski definition) is 5. The molecule has 33 heavy (non-hydrogen) atoms. The van der Waals surface area contributed by atoms with Gasteiger partial charge in [-0.1, -0.05) is 16.8 Å². The highest BCUT2D eigenvalue weighted by atomic mass is 35.5. The molecule has 2 aromatic carbocycles. The van der Waals surface area contributed by atoms with Crippen LogP contribution in [0.3, 0.4) is 0 Å². The van der Waals surface area contributed by atoms with E-state index in [1.807, 2.05) is 32.9 Å². The summed E-state index contributed by atoms with van der Waals surface area (Å²) < 4.78 is 5.59. The third-order valence-electron chi connectivity index (χ3n) is 6.04. The van der Waals surface area contributed by atoms with Gasteiger partial charge in [0.2, 0.25) is 0 Å². The van der Waals surface area contributed by atoms with Crippen LogP contribution >= 0.6 is 11.6 Å². The zero-order valence-electron chi connectivity index (χ0n) is 18.5. The van der Waals surface area contributed by atoms with E-state index in [-0.39, 0.29) is 23.3 Å². The molecule has 0 atom stereocenters. The van der Waals surface area contributed by atoms with Crippen molar-refractivity contribution in [1.29, 1.82) is 0 Å². The van der Waals surface area contributed by atoms with Crippen LogP contribution in [-0.2, 0) is 13.0 Å². The quantitative estimate of drug-likeness (QED) is 0.519. The van der Waals surface area contributed by atoms with Crippen LogP contribution in [0.2, 0.25) is 5.02 Å². The van der Waals surface area contributed by atoms with Gasteiger partial charge in [-0.3, -0.25) is 19.3 Å². The van der Waals surface area contributed by atoms with Gasteiger partial charge < -0.3 is 9.42 Å². The van der Waals surface area contributed by atoms with Gasteiger partial charge in [0.1, 0.15) is 5.69 Å². The molecule has 3 aromatic rings. The molecular weight excluding hydrogens is 442 g/mol. The Morgan fingerprint density at radius 3 is 2.42 bits per heavy atom. The molecule has 0 unspecified atom stereocenters.